The third-order valence-corrected chi connectivity index (χ3v) is 5.24. The van der Waals surface area contributed by atoms with Crippen LogP contribution in [-0.4, -0.2) is 38.9 Å². The van der Waals surface area contributed by atoms with Crippen molar-refractivity contribution >= 4 is 46.3 Å². The molecule has 0 saturated carbocycles. The number of benzene rings is 3. The number of halogens is 2. The Labute approximate surface area is 209 Å². The molecule has 0 radical (unpaired) electrons. The highest BCUT2D eigenvalue weighted by Crippen LogP contribution is 2.33. The summed E-state index contributed by atoms with van der Waals surface area (Å²) in [5, 5.41) is 6.61. The number of nitrogens with zero attached hydrogens (tertiary/aromatic N) is 1. The van der Waals surface area contributed by atoms with Gasteiger partial charge in [-0.05, 0) is 82.8 Å². The summed E-state index contributed by atoms with van der Waals surface area (Å²) in [6.45, 7) is -0.270. The Balaban J connectivity index is 1.62. The van der Waals surface area contributed by atoms with Crippen molar-refractivity contribution in [3.8, 4) is 17.2 Å². The van der Waals surface area contributed by atoms with Crippen LogP contribution in [0.4, 0.5) is 10.1 Å². The van der Waals surface area contributed by atoms with Gasteiger partial charge in [0.2, 0.25) is 0 Å². The fraction of sp³-hybridized carbons (Fsp3) is 0.125. The van der Waals surface area contributed by atoms with Crippen LogP contribution in [0.3, 0.4) is 0 Å². The first-order chi connectivity index (χ1) is 16.4. The van der Waals surface area contributed by atoms with Gasteiger partial charge >= 0.3 is 0 Å². The summed E-state index contributed by atoms with van der Waals surface area (Å²) in [5.41, 5.74) is 3.98. The Hall–Kier alpha value is -3.67. The van der Waals surface area contributed by atoms with E-state index in [-0.39, 0.29) is 12.5 Å². The first kappa shape index (κ1) is 25.0. The van der Waals surface area contributed by atoms with Crippen LogP contribution in [0, 0.1) is 9.39 Å². The molecule has 0 spiro atoms. The Bertz CT molecular complexity index is 1200. The van der Waals surface area contributed by atoms with Gasteiger partial charge in [-0.3, -0.25) is 9.59 Å². The number of carbonyl (C=O) groups excluding carboxylic acids is 2. The Morgan fingerprint density at radius 3 is 2.53 bits per heavy atom. The lowest BCUT2D eigenvalue weighted by molar-refractivity contribution is -0.118. The quantitative estimate of drug-likeness (QED) is 0.226. The second kappa shape index (κ2) is 12.0. The molecule has 0 aliphatic carbocycles. The lowest BCUT2D eigenvalue weighted by Crippen LogP contribution is -2.20. The van der Waals surface area contributed by atoms with E-state index in [0.29, 0.717) is 37.6 Å². The van der Waals surface area contributed by atoms with E-state index in [1.54, 1.807) is 36.4 Å². The molecule has 0 heterocycles. The zero-order valence-electron chi connectivity index (χ0n) is 18.3. The standard InChI is InChI=1S/C24H21FIN3O5/c1-32-19-5-3-4-16(12-19)24(31)29-27-13-15-10-20(26)23(21(11-15)33-2)34-14-22(30)28-18-8-6-17(25)7-9-18/h3-13H,14H2,1-2H3,(H,28,30)(H,29,31)/b27-13+. The van der Waals surface area contributed by atoms with Crippen LogP contribution in [0.25, 0.3) is 0 Å². The first-order valence-corrected chi connectivity index (χ1v) is 11.0. The summed E-state index contributed by atoms with van der Waals surface area (Å²) < 4.78 is 29.8. The molecule has 0 unspecified atom stereocenters. The third kappa shape index (κ3) is 6.91. The SMILES string of the molecule is COc1cccc(C(=O)N/N=C/c2cc(I)c(OCC(=O)Nc3ccc(F)cc3)c(OC)c2)c1. The lowest BCUT2D eigenvalue weighted by Gasteiger charge is -2.13. The lowest BCUT2D eigenvalue weighted by atomic mass is 10.2. The molecular formula is C24H21FIN3O5. The van der Waals surface area contributed by atoms with Crippen LogP contribution in [0.1, 0.15) is 15.9 Å². The highest BCUT2D eigenvalue weighted by Gasteiger charge is 2.14. The molecule has 3 rings (SSSR count). The maximum Gasteiger partial charge on any atom is 0.271 e. The smallest absolute Gasteiger partial charge is 0.271 e. The molecule has 34 heavy (non-hydrogen) atoms. The Morgan fingerprint density at radius 2 is 1.82 bits per heavy atom. The fourth-order valence-corrected chi connectivity index (χ4v) is 3.60. The normalized spacial score (nSPS) is 10.6. The molecular weight excluding hydrogens is 556 g/mol. The molecule has 0 aromatic heterocycles. The van der Waals surface area contributed by atoms with Gasteiger partial charge in [-0.25, -0.2) is 9.82 Å². The van der Waals surface area contributed by atoms with Gasteiger partial charge in [-0.1, -0.05) is 6.07 Å². The molecule has 8 nitrogen and oxygen atoms in total. The van der Waals surface area contributed by atoms with Crippen molar-refractivity contribution in [2.24, 2.45) is 5.10 Å². The van der Waals surface area contributed by atoms with E-state index in [9.17, 15) is 14.0 Å². The molecule has 176 valence electrons. The number of hydrazone groups is 1. The first-order valence-electron chi connectivity index (χ1n) is 9.93. The van der Waals surface area contributed by atoms with Crippen molar-refractivity contribution in [2.45, 2.75) is 0 Å². The van der Waals surface area contributed by atoms with E-state index < -0.39 is 11.7 Å². The van der Waals surface area contributed by atoms with E-state index >= 15 is 0 Å². The molecule has 0 saturated heterocycles. The average molecular weight is 577 g/mol. The number of methoxy groups -OCH3 is 2. The summed E-state index contributed by atoms with van der Waals surface area (Å²) in [5.74, 6) is 0.158. The van der Waals surface area contributed by atoms with Crippen molar-refractivity contribution in [2.75, 3.05) is 26.1 Å². The number of hydrogen-bond donors (Lipinski definition) is 2. The Morgan fingerprint density at radius 1 is 1.06 bits per heavy atom. The number of hydrogen-bond acceptors (Lipinski definition) is 6. The highest BCUT2D eigenvalue weighted by atomic mass is 127. The van der Waals surface area contributed by atoms with Crippen molar-refractivity contribution in [3.05, 3.63) is 81.2 Å². The van der Waals surface area contributed by atoms with E-state index in [1.807, 2.05) is 22.6 Å². The van der Waals surface area contributed by atoms with Crippen molar-refractivity contribution in [1.82, 2.24) is 5.43 Å². The van der Waals surface area contributed by atoms with Gasteiger partial charge in [-0.2, -0.15) is 5.10 Å². The minimum atomic E-state index is -0.407. The molecule has 0 aliphatic rings. The highest BCUT2D eigenvalue weighted by molar-refractivity contribution is 14.1. The predicted molar refractivity (Wildman–Crippen MR) is 134 cm³/mol. The van der Waals surface area contributed by atoms with Crippen molar-refractivity contribution < 1.29 is 28.2 Å². The Kier molecular flexibility index (Phi) is 8.79. The molecule has 0 bridgehead atoms. The molecule has 2 N–H and O–H groups in total. The second-order valence-corrected chi connectivity index (χ2v) is 7.97. The van der Waals surface area contributed by atoms with Gasteiger partial charge in [0.15, 0.2) is 18.1 Å². The number of nitrogens with one attached hydrogen (secondary N) is 2. The zero-order chi connectivity index (χ0) is 24.5. The second-order valence-electron chi connectivity index (χ2n) is 6.81. The molecule has 0 aliphatic heterocycles. The fourth-order valence-electron chi connectivity index (χ4n) is 2.82. The molecule has 0 fully saturated rings. The topological polar surface area (TPSA) is 98.3 Å². The monoisotopic (exact) mass is 577 g/mol. The van der Waals surface area contributed by atoms with E-state index in [4.69, 9.17) is 14.2 Å². The minimum Gasteiger partial charge on any atom is -0.497 e. The van der Waals surface area contributed by atoms with E-state index in [0.717, 1.165) is 0 Å². The zero-order valence-corrected chi connectivity index (χ0v) is 20.5. The van der Waals surface area contributed by atoms with Gasteiger partial charge < -0.3 is 19.5 Å². The summed E-state index contributed by atoms with van der Waals surface area (Å²) in [4.78, 5) is 24.4. The molecule has 3 aromatic rings. The number of carbonyl (C=O) groups is 2. The van der Waals surface area contributed by atoms with Crippen LogP contribution in [0.5, 0.6) is 17.2 Å². The molecule has 2 amide bonds. The van der Waals surface area contributed by atoms with E-state index in [2.05, 4.69) is 15.8 Å². The van der Waals surface area contributed by atoms with E-state index in [1.165, 1.54) is 44.7 Å². The number of rotatable bonds is 9. The van der Waals surface area contributed by atoms with Crippen LogP contribution < -0.4 is 25.0 Å². The number of amides is 2. The van der Waals surface area contributed by atoms with Gasteiger partial charge in [0.05, 0.1) is 24.0 Å². The van der Waals surface area contributed by atoms with Crippen molar-refractivity contribution in [1.29, 1.82) is 0 Å². The molecule has 3 aromatic carbocycles. The summed E-state index contributed by atoms with van der Waals surface area (Å²) in [6.07, 6.45) is 1.47. The number of anilines is 1. The van der Waals surface area contributed by atoms with Crippen LogP contribution in [-0.2, 0) is 4.79 Å². The summed E-state index contributed by atoms with van der Waals surface area (Å²) >= 11 is 2.05. The number of ether oxygens (including phenoxy) is 3. The van der Waals surface area contributed by atoms with Crippen LogP contribution >= 0.6 is 22.6 Å². The van der Waals surface area contributed by atoms with Gasteiger partial charge in [0, 0.05) is 11.3 Å². The van der Waals surface area contributed by atoms with Gasteiger partial charge in [0.25, 0.3) is 11.8 Å². The predicted octanol–water partition coefficient (Wildman–Crippen LogP) is 4.23. The average Bonchev–Trinajstić information content (AvgIpc) is 2.84. The van der Waals surface area contributed by atoms with Gasteiger partial charge in [0.1, 0.15) is 11.6 Å². The van der Waals surface area contributed by atoms with Crippen LogP contribution in [0.15, 0.2) is 65.8 Å². The van der Waals surface area contributed by atoms with Crippen LogP contribution in [0.2, 0.25) is 0 Å². The summed E-state index contributed by atoms with van der Waals surface area (Å²) in [6, 6.07) is 15.6. The maximum atomic E-state index is 13.0. The minimum absolute atomic E-state index is 0.270. The molecule has 0 atom stereocenters. The van der Waals surface area contributed by atoms with Gasteiger partial charge in [-0.15, -0.1) is 0 Å². The molecule has 10 heteroatoms. The summed E-state index contributed by atoms with van der Waals surface area (Å²) in [7, 11) is 3.00. The maximum absolute atomic E-state index is 13.0. The largest absolute Gasteiger partial charge is 0.497 e. The third-order valence-electron chi connectivity index (χ3n) is 4.44. The van der Waals surface area contributed by atoms with Crippen molar-refractivity contribution in [3.63, 3.8) is 0 Å².